The second kappa shape index (κ2) is 3.19. The second-order valence-electron chi connectivity index (χ2n) is 3.36. The summed E-state index contributed by atoms with van der Waals surface area (Å²) in [6.07, 6.45) is 0. The lowest BCUT2D eigenvalue weighted by atomic mass is 9.90. The van der Waals surface area contributed by atoms with E-state index in [1.807, 2.05) is 0 Å². The van der Waals surface area contributed by atoms with Crippen LogP contribution in [0.2, 0.25) is 0 Å². The SMILES string of the molecule is Cc1cc(Br)ccc1C1CNC1. The first kappa shape index (κ1) is 8.27. The van der Waals surface area contributed by atoms with Crippen molar-refractivity contribution in [3.63, 3.8) is 0 Å². The Bertz CT molecular complexity index is 292. The topological polar surface area (TPSA) is 12.0 Å². The summed E-state index contributed by atoms with van der Waals surface area (Å²) < 4.78 is 1.18. The molecule has 0 unspecified atom stereocenters. The molecule has 1 aromatic rings. The molecule has 0 amide bonds. The van der Waals surface area contributed by atoms with Crippen LogP contribution in [-0.4, -0.2) is 13.1 Å². The molecular formula is C10H12BrN. The van der Waals surface area contributed by atoms with Crippen LogP contribution in [0.4, 0.5) is 0 Å². The van der Waals surface area contributed by atoms with Crippen molar-refractivity contribution >= 4 is 15.9 Å². The number of hydrogen-bond acceptors (Lipinski definition) is 1. The number of benzene rings is 1. The standard InChI is InChI=1S/C10H12BrN/c1-7-4-9(11)2-3-10(7)8-5-12-6-8/h2-4,8,12H,5-6H2,1H3. The maximum atomic E-state index is 3.47. The molecule has 1 saturated heterocycles. The zero-order chi connectivity index (χ0) is 8.55. The third-order valence-electron chi connectivity index (χ3n) is 2.45. The molecule has 1 aromatic carbocycles. The van der Waals surface area contributed by atoms with Gasteiger partial charge in [-0.1, -0.05) is 22.0 Å². The number of aryl methyl sites for hydroxylation is 1. The van der Waals surface area contributed by atoms with Crippen LogP contribution in [0.3, 0.4) is 0 Å². The molecule has 64 valence electrons. The van der Waals surface area contributed by atoms with Crippen molar-refractivity contribution in [2.24, 2.45) is 0 Å². The van der Waals surface area contributed by atoms with Gasteiger partial charge in [-0.25, -0.2) is 0 Å². The molecule has 1 N–H and O–H groups in total. The van der Waals surface area contributed by atoms with Crippen LogP contribution in [0.1, 0.15) is 17.0 Å². The van der Waals surface area contributed by atoms with Crippen molar-refractivity contribution in [3.05, 3.63) is 33.8 Å². The fourth-order valence-electron chi connectivity index (χ4n) is 1.61. The van der Waals surface area contributed by atoms with E-state index in [9.17, 15) is 0 Å². The minimum Gasteiger partial charge on any atom is -0.315 e. The Labute approximate surface area is 81.3 Å². The van der Waals surface area contributed by atoms with Gasteiger partial charge in [-0.15, -0.1) is 0 Å². The fourth-order valence-corrected chi connectivity index (χ4v) is 2.08. The van der Waals surface area contributed by atoms with E-state index in [2.05, 4.69) is 46.4 Å². The minimum atomic E-state index is 0.748. The maximum absolute atomic E-state index is 3.47. The lowest BCUT2D eigenvalue weighted by molar-refractivity contribution is 0.447. The highest BCUT2D eigenvalue weighted by Gasteiger charge is 2.19. The van der Waals surface area contributed by atoms with Crippen molar-refractivity contribution in [1.29, 1.82) is 0 Å². The molecule has 0 aromatic heterocycles. The van der Waals surface area contributed by atoms with Gasteiger partial charge in [0.2, 0.25) is 0 Å². The Hall–Kier alpha value is -0.340. The minimum absolute atomic E-state index is 0.748. The molecule has 2 heteroatoms. The van der Waals surface area contributed by atoms with Crippen LogP contribution < -0.4 is 5.32 Å². The summed E-state index contributed by atoms with van der Waals surface area (Å²) in [5.41, 5.74) is 2.90. The van der Waals surface area contributed by atoms with Gasteiger partial charge in [0.25, 0.3) is 0 Å². The second-order valence-corrected chi connectivity index (χ2v) is 4.27. The van der Waals surface area contributed by atoms with Crippen LogP contribution in [0.15, 0.2) is 22.7 Å². The van der Waals surface area contributed by atoms with Gasteiger partial charge in [-0.3, -0.25) is 0 Å². The molecule has 0 spiro atoms. The molecule has 1 aliphatic heterocycles. The van der Waals surface area contributed by atoms with Crippen LogP contribution in [0.5, 0.6) is 0 Å². The third kappa shape index (κ3) is 1.41. The van der Waals surface area contributed by atoms with Crippen molar-refractivity contribution < 1.29 is 0 Å². The van der Waals surface area contributed by atoms with E-state index in [-0.39, 0.29) is 0 Å². The number of halogens is 1. The molecule has 0 saturated carbocycles. The zero-order valence-electron chi connectivity index (χ0n) is 7.10. The van der Waals surface area contributed by atoms with Gasteiger partial charge in [0.1, 0.15) is 0 Å². The predicted molar refractivity (Wildman–Crippen MR) is 54.5 cm³/mol. The van der Waals surface area contributed by atoms with Crippen molar-refractivity contribution in [2.45, 2.75) is 12.8 Å². The summed E-state index contributed by atoms with van der Waals surface area (Å²) in [7, 11) is 0. The van der Waals surface area contributed by atoms with Gasteiger partial charge in [-0.05, 0) is 30.2 Å². The summed E-state index contributed by atoms with van der Waals surface area (Å²) in [4.78, 5) is 0. The van der Waals surface area contributed by atoms with E-state index in [4.69, 9.17) is 0 Å². The summed E-state index contributed by atoms with van der Waals surface area (Å²) in [6.45, 7) is 4.46. The van der Waals surface area contributed by atoms with Crippen molar-refractivity contribution in [1.82, 2.24) is 5.32 Å². The van der Waals surface area contributed by atoms with Crippen molar-refractivity contribution in [2.75, 3.05) is 13.1 Å². The first-order valence-electron chi connectivity index (χ1n) is 4.24. The first-order chi connectivity index (χ1) is 5.77. The molecule has 2 rings (SSSR count). The Morgan fingerprint density at radius 1 is 1.42 bits per heavy atom. The van der Waals surface area contributed by atoms with E-state index in [0.717, 1.165) is 19.0 Å². The number of rotatable bonds is 1. The molecule has 1 fully saturated rings. The quantitative estimate of drug-likeness (QED) is 0.775. The van der Waals surface area contributed by atoms with Gasteiger partial charge < -0.3 is 5.32 Å². The maximum Gasteiger partial charge on any atom is 0.0178 e. The van der Waals surface area contributed by atoms with Gasteiger partial charge in [-0.2, -0.15) is 0 Å². The van der Waals surface area contributed by atoms with Crippen LogP contribution in [0, 0.1) is 6.92 Å². The Kier molecular flexibility index (Phi) is 2.20. The van der Waals surface area contributed by atoms with Crippen molar-refractivity contribution in [3.8, 4) is 0 Å². The Morgan fingerprint density at radius 3 is 2.67 bits per heavy atom. The van der Waals surface area contributed by atoms with Crippen LogP contribution in [-0.2, 0) is 0 Å². The van der Waals surface area contributed by atoms with Crippen LogP contribution >= 0.6 is 15.9 Å². The third-order valence-corrected chi connectivity index (χ3v) is 2.95. The fraction of sp³-hybridized carbons (Fsp3) is 0.400. The zero-order valence-corrected chi connectivity index (χ0v) is 8.69. The largest absolute Gasteiger partial charge is 0.315 e. The lowest BCUT2D eigenvalue weighted by Crippen LogP contribution is -2.40. The molecule has 0 radical (unpaired) electrons. The number of nitrogens with one attached hydrogen (secondary N) is 1. The summed E-state index contributed by atoms with van der Waals surface area (Å²) in [5, 5.41) is 3.29. The van der Waals surface area contributed by atoms with E-state index >= 15 is 0 Å². The molecule has 1 nitrogen and oxygen atoms in total. The van der Waals surface area contributed by atoms with Gasteiger partial charge >= 0.3 is 0 Å². The van der Waals surface area contributed by atoms with E-state index < -0.39 is 0 Å². The molecule has 12 heavy (non-hydrogen) atoms. The van der Waals surface area contributed by atoms with E-state index in [1.54, 1.807) is 0 Å². The molecule has 0 atom stereocenters. The average molecular weight is 226 g/mol. The molecule has 1 heterocycles. The van der Waals surface area contributed by atoms with Gasteiger partial charge in [0.15, 0.2) is 0 Å². The highest BCUT2D eigenvalue weighted by molar-refractivity contribution is 9.10. The van der Waals surface area contributed by atoms with E-state index in [1.165, 1.54) is 15.6 Å². The average Bonchev–Trinajstić information content (AvgIpc) is 1.91. The van der Waals surface area contributed by atoms with Crippen LogP contribution in [0.25, 0.3) is 0 Å². The molecule has 0 bridgehead atoms. The van der Waals surface area contributed by atoms with E-state index in [0.29, 0.717) is 0 Å². The summed E-state index contributed by atoms with van der Waals surface area (Å²) >= 11 is 3.47. The number of hydrogen-bond donors (Lipinski definition) is 1. The van der Waals surface area contributed by atoms with Gasteiger partial charge in [0.05, 0.1) is 0 Å². The molecular weight excluding hydrogens is 214 g/mol. The highest BCUT2D eigenvalue weighted by atomic mass is 79.9. The summed E-state index contributed by atoms with van der Waals surface area (Å²) in [6, 6.07) is 6.54. The normalized spacial score (nSPS) is 17.5. The highest BCUT2D eigenvalue weighted by Crippen LogP contribution is 2.25. The first-order valence-corrected chi connectivity index (χ1v) is 5.03. The Balaban J connectivity index is 2.31. The molecule has 0 aliphatic carbocycles. The predicted octanol–water partition coefficient (Wildman–Crippen LogP) is 2.44. The molecule has 1 aliphatic rings. The van der Waals surface area contributed by atoms with Gasteiger partial charge in [0, 0.05) is 23.5 Å². The Morgan fingerprint density at radius 2 is 2.17 bits per heavy atom. The monoisotopic (exact) mass is 225 g/mol. The smallest absolute Gasteiger partial charge is 0.0178 e. The summed E-state index contributed by atoms with van der Waals surface area (Å²) in [5.74, 6) is 0.748. The lowest BCUT2D eigenvalue weighted by Gasteiger charge is -2.28.